The lowest BCUT2D eigenvalue weighted by Crippen LogP contribution is -2.59. The lowest BCUT2D eigenvalue weighted by atomic mass is 10.0. The minimum absolute atomic E-state index is 0.177. The summed E-state index contributed by atoms with van der Waals surface area (Å²) in [6, 6.07) is 0.186. The zero-order chi connectivity index (χ0) is 12.9. The van der Waals surface area contributed by atoms with E-state index < -0.39 is 5.54 Å². The first kappa shape index (κ1) is 14.4. The van der Waals surface area contributed by atoms with Crippen LogP contribution in [0.4, 0.5) is 0 Å². The number of nitrogens with two attached hydrogens (primary N) is 1. The number of amides is 1. The highest BCUT2D eigenvalue weighted by atomic mass is 16.5. The van der Waals surface area contributed by atoms with Crippen LogP contribution in [0, 0.1) is 0 Å². The second-order valence-corrected chi connectivity index (χ2v) is 5.12. The molecule has 5 nitrogen and oxygen atoms in total. The van der Waals surface area contributed by atoms with Crippen molar-refractivity contribution >= 4 is 5.91 Å². The molecule has 3 N–H and O–H groups in total. The third-order valence-electron chi connectivity index (χ3n) is 2.93. The molecule has 1 saturated heterocycles. The van der Waals surface area contributed by atoms with Crippen molar-refractivity contribution in [3.05, 3.63) is 0 Å². The molecule has 5 heteroatoms. The highest BCUT2D eigenvalue weighted by molar-refractivity contribution is 5.84. The van der Waals surface area contributed by atoms with E-state index in [1.807, 2.05) is 13.8 Å². The third-order valence-corrected chi connectivity index (χ3v) is 2.93. The number of carbonyl (C=O) groups is 1. The minimum Gasteiger partial charge on any atom is -0.381 e. The molecule has 1 aliphatic rings. The predicted octanol–water partition coefficient (Wildman–Crippen LogP) is 0.424. The van der Waals surface area contributed by atoms with Gasteiger partial charge in [0, 0.05) is 19.3 Å². The molecule has 0 radical (unpaired) electrons. The molecule has 1 amide bonds. The van der Waals surface area contributed by atoms with Gasteiger partial charge < -0.3 is 15.2 Å². The van der Waals surface area contributed by atoms with Crippen LogP contribution in [0.2, 0.25) is 0 Å². The van der Waals surface area contributed by atoms with E-state index in [0.717, 1.165) is 26.1 Å². The molecule has 0 aromatic heterocycles. The highest BCUT2D eigenvalue weighted by Crippen LogP contribution is 2.14. The van der Waals surface area contributed by atoms with Crippen molar-refractivity contribution in [1.29, 1.82) is 0 Å². The average molecular weight is 244 g/mol. The van der Waals surface area contributed by atoms with E-state index >= 15 is 0 Å². The topological polar surface area (TPSA) is 73.6 Å². The summed E-state index contributed by atoms with van der Waals surface area (Å²) in [5.74, 6) is -0.377. The lowest BCUT2D eigenvalue weighted by Gasteiger charge is -2.32. The van der Waals surface area contributed by atoms with Gasteiger partial charge in [-0.1, -0.05) is 0 Å². The van der Waals surface area contributed by atoms with E-state index in [-0.39, 0.29) is 18.1 Å². The fourth-order valence-corrected chi connectivity index (χ4v) is 1.95. The van der Waals surface area contributed by atoms with Crippen molar-refractivity contribution < 1.29 is 14.3 Å². The highest BCUT2D eigenvalue weighted by Gasteiger charge is 2.33. The molecule has 1 heterocycles. The first-order valence-corrected chi connectivity index (χ1v) is 6.21. The summed E-state index contributed by atoms with van der Waals surface area (Å²) in [7, 11) is 0. The van der Waals surface area contributed by atoms with Crippen molar-refractivity contribution in [3.63, 3.8) is 0 Å². The zero-order valence-corrected chi connectivity index (χ0v) is 11.0. The van der Waals surface area contributed by atoms with Crippen LogP contribution in [0.5, 0.6) is 0 Å². The van der Waals surface area contributed by atoms with Crippen molar-refractivity contribution in [2.45, 2.75) is 51.3 Å². The van der Waals surface area contributed by atoms with Crippen LogP contribution >= 0.6 is 0 Å². The molecule has 0 saturated carbocycles. The second kappa shape index (κ2) is 6.33. The fraction of sp³-hybridized carbons (Fsp3) is 0.917. The lowest BCUT2D eigenvalue weighted by molar-refractivity contribution is -0.129. The second-order valence-electron chi connectivity index (χ2n) is 5.12. The van der Waals surface area contributed by atoms with Crippen molar-refractivity contribution in [2.75, 3.05) is 19.8 Å². The van der Waals surface area contributed by atoms with Crippen LogP contribution in [-0.2, 0) is 14.3 Å². The van der Waals surface area contributed by atoms with Crippen LogP contribution in [0.3, 0.4) is 0 Å². The summed E-state index contributed by atoms with van der Waals surface area (Å²) in [6.45, 7) is 7.52. The van der Waals surface area contributed by atoms with Gasteiger partial charge in [-0.25, -0.2) is 0 Å². The Morgan fingerprint density at radius 2 is 2.12 bits per heavy atom. The van der Waals surface area contributed by atoms with Crippen molar-refractivity contribution in [1.82, 2.24) is 5.32 Å². The number of primary amides is 1. The predicted molar refractivity (Wildman–Crippen MR) is 65.7 cm³/mol. The van der Waals surface area contributed by atoms with Crippen LogP contribution < -0.4 is 11.1 Å². The molecular weight excluding hydrogens is 220 g/mol. The number of nitrogens with one attached hydrogen (secondary N) is 1. The standard InChI is InChI=1S/C12H24N2O3/c1-9(2)14-12(3,11(13)15)8-17-10-4-6-16-7-5-10/h9-10,14H,4-8H2,1-3H3,(H2,13,15). The van der Waals surface area contributed by atoms with Crippen molar-refractivity contribution in [3.8, 4) is 0 Å². The minimum atomic E-state index is -0.799. The summed E-state index contributed by atoms with van der Waals surface area (Å²) < 4.78 is 11.0. The Balaban J connectivity index is 2.45. The maximum Gasteiger partial charge on any atom is 0.239 e. The molecule has 1 atom stereocenters. The molecular formula is C12H24N2O3. The Hall–Kier alpha value is -0.650. The molecule has 1 unspecified atom stereocenters. The maximum absolute atomic E-state index is 11.5. The monoisotopic (exact) mass is 244 g/mol. The number of carbonyl (C=O) groups excluding carboxylic acids is 1. The summed E-state index contributed by atoms with van der Waals surface area (Å²) in [5.41, 5.74) is 4.63. The average Bonchev–Trinajstić information content (AvgIpc) is 2.27. The molecule has 0 spiro atoms. The van der Waals surface area contributed by atoms with E-state index in [2.05, 4.69) is 5.32 Å². The Morgan fingerprint density at radius 1 is 1.53 bits per heavy atom. The zero-order valence-electron chi connectivity index (χ0n) is 11.0. The molecule has 17 heavy (non-hydrogen) atoms. The van der Waals surface area contributed by atoms with Gasteiger partial charge in [0.2, 0.25) is 5.91 Å². The number of hydrogen-bond donors (Lipinski definition) is 2. The fourth-order valence-electron chi connectivity index (χ4n) is 1.95. The largest absolute Gasteiger partial charge is 0.381 e. The van der Waals surface area contributed by atoms with Gasteiger partial charge in [0.05, 0.1) is 12.7 Å². The van der Waals surface area contributed by atoms with Gasteiger partial charge in [0.1, 0.15) is 5.54 Å². The van der Waals surface area contributed by atoms with E-state index in [1.165, 1.54) is 0 Å². The van der Waals surface area contributed by atoms with E-state index in [4.69, 9.17) is 15.2 Å². The molecule has 100 valence electrons. The first-order chi connectivity index (χ1) is 7.94. The normalized spacial score (nSPS) is 21.4. The van der Waals surface area contributed by atoms with E-state index in [0.29, 0.717) is 6.61 Å². The number of rotatable bonds is 6. The van der Waals surface area contributed by atoms with Crippen LogP contribution in [0.25, 0.3) is 0 Å². The molecule has 1 fully saturated rings. The quantitative estimate of drug-likeness (QED) is 0.710. The molecule has 0 aromatic carbocycles. The summed E-state index contributed by atoms with van der Waals surface area (Å²) in [6.07, 6.45) is 1.95. The summed E-state index contributed by atoms with van der Waals surface area (Å²) in [5, 5.41) is 3.16. The van der Waals surface area contributed by atoms with Gasteiger partial charge in [-0.2, -0.15) is 0 Å². The molecule has 0 aromatic rings. The smallest absolute Gasteiger partial charge is 0.239 e. The summed E-state index contributed by atoms with van der Waals surface area (Å²) in [4.78, 5) is 11.5. The van der Waals surface area contributed by atoms with Gasteiger partial charge in [-0.15, -0.1) is 0 Å². The maximum atomic E-state index is 11.5. The molecule has 1 aliphatic heterocycles. The Morgan fingerprint density at radius 3 is 2.59 bits per heavy atom. The van der Waals surface area contributed by atoms with Crippen molar-refractivity contribution in [2.24, 2.45) is 5.73 Å². The van der Waals surface area contributed by atoms with Crippen LogP contribution in [0.15, 0.2) is 0 Å². The molecule has 0 aliphatic carbocycles. The van der Waals surface area contributed by atoms with Gasteiger partial charge in [0.15, 0.2) is 0 Å². The van der Waals surface area contributed by atoms with Gasteiger partial charge in [-0.3, -0.25) is 10.1 Å². The van der Waals surface area contributed by atoms with Gasteiger partial charge in [-0.05, 0) is 33.6 Å². The molecule has 1 rings (SSSR count). The Bertz CT molecular complexity index is 252. The number of ether oxygens (including phenoxy) is 2. The van der Waals surface area contributed by atoms with E-state index in [9.17, 15) is 4.79 Å². The molecule has 0 bridgehead atoms. The Kier molecular flexibility index (Phi) is 5.36. The third kappa shape index (κ3) is 4.61. The Labute approximate surface area is 103 Å². The first-order valence-electron chi connectivity index (χ1n) is 6.21. The SMILES string of the molecule is CC(C)NC(C)(COC1CCOCC1)C(N)=O. The van der Waals surface area contributed by atoms with E-state index in [1.54, 1.807) is 6.92 Å². The van der Waals surface area contributed by atoms with Crippen LogP contribution in [0.1, 0.15) is 33.6 Å². The number of hydrogen-bond acceptors (Lipinski definition) is 4. The van der Waals surface area contributed by atoms with Gasteiger partial charge >= 0.3 is 0 Å². The van der Waals surface area contributed by atoms with Gasteiger partial charge in [0.25, 0.3) is 0 Å². The summed E-state index contributed by atoms with van der Waals surface area (Å²) >= 11 is 0. The van der Waals surface area contributed by atoms with Crippen LogP contribution in [-0.4, -0.2) is 43.4 Å².